The molecule has 0 aromatic rings. The van der Waals surface area contributed by atoms with Crippen LogP contribution in [0.3, 0.4) is 0 Å². The number of carbonyl (C=O) groups is 1. The molecule has 0 amide bonds. The van der Waals surface area contributed by atoms with Crippen molar-refractivity contribution >= 4 is 5.97 Å². The molecule has 0 spiro atoms. The van der Waals surface area contributed by atoms with Gasteiger partial charge in [0.25, 0.3) is 0 Å². The lowest BCUT2D eigenvalue weighted by molar-refractivity contribution is -0.198. The maximum absolute atomic E-state index is 10.2. The largest absolute Gasteiger partial charge is 0.478 e. The number of hydrogen-bond acceptors (Lipinski definition) is 4. The molecule has 1 aliphatic heterocycles. The van der Waals surface area contributed by atoms with Crippen LogP contribution in [0.1, 0.15) is 0 Å². The molecule has 0 saturated carbocycles. The molecule has 1 heterocycles. The maximum Gasteiger partial charge on any atom is 0.328 e. The summed E-state index contributed by atoms with van der Waals surface area (Å²) >= 11 is 0. The zero-order valence-corrected chi connectivity index (χ0v) is 6.73. The van der Waals surface area contributed by atoms with E-state index < -0.39 is 5.97 Å². The van der Waals surface area contributed by atoms with E-state index in [9.17, 15) is 4.79 Å². The quantitative estimate of drug-likeness (QED) is 0.337. The third-order valence-electron chi connectivity index (χ3n) is 1.42. The molecule has 0 bridgehead atoms. The zero-order chi connectivity index (χ0) is 9.68. The molecule has 0 radical (unpaired) electrons. The van der Waals surface area contributed by atoms with E-state index in [0.717, 1.165) is 6.08 Å². The third kappa shape index (κ3) is 3.00. The van der Waals surface area contributed by atoms with Gasteiger partial charge in [0.1, 0.15) is 0 Å². The standard InChI is InChI=1S/C8H9NO4/c10-8(11)2-1-6-3-7(13-12)5-9-4-6/h1-3,5,9,12H,4H2,(H,10,11)/b2-1+. The number of nitrogens with one attached hydrogen (secondary N) is 1. The van der Waals surface area contributed by atoms with E-state index >= 15 is 0 Å². The first-order valence-corrected chi connectivity index (χ1v) is 3.59. The zero-order valence-electron chi connectivity index (χ0n) is 6.73. The minimum absolute atomic E-state index is 0.247. The molecule has 0 aromatic heterocycles. The van der Waals surface area contributed by atoms with Crippen LogP contribution in [-0.2, 0) is 9.68 Å². The monoisotopic (exact) mass is 183 g/mol. The van der Waals surface area contributed by atoms with Gasteiger partial charge in [0.2, 0.25) is 0 Å². The maximum atomic E-state index is 10.2. The fourth-order valence-corrected chi connectivity index (χ4v) is 0.883. The predicted octanol–water partition coefficient (Wildman–Crippen LogP) is 0.488. The molecule has 0 fully saturated rings. The first kappa shape index (κ1) is 9.34. The van der Waals surface area contributed by atoms with E-state index in [1.807, 2.05) is 0 Å². The highest BCUT2D eigenvalue weighted by molar-refractivity contribution is 5.80. The fraction of sp³-hybridized carbons (Fsp3) is 0.125. The Kier molecular flexibility index (Phi) is 3.10. The number of dihydropyridines is 1. The van der Waals surface area contributed by atoms with Crippen LogP contribution < -0.4 is 5.32 Å². The van der Waals surface area contributed by atoms with Gasteiger partial charge in [0, 0.05) is 18.8 Å². The van der Waals surface area contributed by atoms with Crippen LogP contribution in [0.4, 0.5) is 0 Å². The van der Waals surface area contributed by atoms with Gasteiger partial charge >= 0.3 is 5.97 Å². The van der Waals surface area contributed by atoms with Gasteiger partial charge in [0.15, 0.2) is 5.76 Å². The molecule has 3 N–H and O–H groups in total. The lowest BCUT2D eigenvalue weighted by Crippen LogP contribution is -2.14. The molecule has 1 aliphatic rings. The highest BCUT2D eigenvalue weighted by Gasteiger charge is 2.03. The normalized spacial score (nSPS) is 16.1. The number of hydrogen-bond donors (Lipinski definition) is 3. The molecule has 1 rings (SSSR count). The summed E-state index contributed by atoms with van der Waals surface area (Å²) in [6.45, 7) is 0.511. The summed E-state index contributed by atoms with van der Waals surface area (Å²) in [5, 5.41) is 19.4. The van der Waals surface area contributed by atoms with Gasteiger partial charge in [0.05, 0.1) is 0 Å². The van der Waals surface area contributed by atoms with Gasteiger partial charge in [-0.15, -0.1) is 0 Å². The molecular weight excluding hydrogens is 174 g/mol. The van der Waals surface area contributed by atoms with Crippen molar-refractivity contribution in [1.82, 2.24) is 5.32 Å². The second-order valence-electron chi connectivity index (χ2n) is 2.41. The summed E-state index contributed by atoms with van der Waals surface area (Å²) in [5.41, 5.74) is 0.717. The number of carboxylic acids is 1. The van der Waals surface area contributed by atoms with Crippen LogP contribution in [0, 0.1) is 0 Å². The second kappa shape index (κ2) is 4.32. The van der Waals surface area contributed by atoms with E-state index in [4.69, 9.17) is 10.4 Å². The highest BCUT2D eigenvalue weighted by Crippen LogP contribution is 2.07. The molecule has 70 valence electrons. The van der Waals surface area contributed by atoms with Crippen LogP contribution in [0.2, 0.25) is 0 Å². The minimum atomic E-state index is -1.01. The van der Waals surface area contributed by atoms with Gasteiger partial charge < -0.3 is 15.3 Å². The van der Waals surface area contributed by atoms with E-state index in [1.165, 1.54) is 18.4 Å². The number of aliphatic carboxylic acids is 1. The Labute approximate surface area is 74.6 Å². The van der Waals surface area contributed by atoms with Crippen molar-refractivity contribution in [2.24, 2.45) is 0 Å². The Balaban J connectivity index is 2.66. The average molecular weight is 183 g/mol. The lowest BCUT2D eigenvalue weighted by atomic mass is 10.2. The topological polar surface area (TPSA) is 78.8 Å². The van der Waals surface area contributed by atoms with Crippen molar-refractivity contribution in [2.45, 2.75) is 0 Å². The highest BCUT2D eigenvalue weighted by atomic mass is 17.1. The van der Waals surface area contributed by atoms with Crippen molar-refractivity contribution < 1.29 is 20.0 Å². The smallest absolute Gasteiger partial charge is 0.328 e. The molecule has 0 aromatic carbocycles. The lowest BCUT2D eigenvalue weighted by Gasteiger charge is -2.09. The predicted molar refractivity (Wildman–Crippen MR) is 44.7 cm³/mol. The van der Waals surface area contributed by atoms with Gasteiger partial charge in [-0.25, -0.2) is 10.1 Å². The molecule has 0 atom stereocenters. The van der Waals surface area contributed by atoms with Gasteiger partial charge in [-0.1, -0.05) is 0 Å². The summed E-state index contributed by atoms with van der Waals surface area (Å²) in [6, 6.07) is 0. The van der Waals surface area contributed by atoms with E-state index in [1.54, 1.807) is 0 Å². The van der Waals surface area contributed by atoms with Gasteiger partial charge in [-0.05, 0) is 17.7 Å². The Morgan fingerprint density at radius 2 is 2.46 bits per heavy atom. The summed E-state index contributed by atoms with van der Waals surface area (Å²) in [7, 11) is 0. The Morgan fingerprint density at radius 3 is 3.08 bits per heavy atom. The van der Waals surface area contributed by atoms with Gasteiger partial charge in [-0.3, -0.25) is 0 Å². The van der Waals surface area contributed by atoms with Crippen molar-refractivity contribution in [1.29, 1.82) is 0 Å². The van der Waals surface area contributed by atoms with Crippen molar-refractivity contribution in [3.05, 3.63) is 35.8 Å². The van der Waals surface area contributed by atoms with Crippen LogP contribution >= 0.6 is 0 Å². The first-order valence-electron chi connectivity index (χ1n) is 3.59. The first-order chi connectivity index (χ1) is 6.22. The molecule has 0 unspecified atom stereocenters. The Hall–Kier alpha value is -1.75. The minimum Gasteiger partial charge on any atom is -0.478 e. The van der Waals surface area contributed by atoms with Crippen LogP contribution in [0.25, 0.3) is 0 Å². The third-order valence-corrected chi connectivity index (χ3v) is 1.42. The van der Waals surface area contributed by atoms with E-state index in [0.29, 0.717) is 12.1 Å². The van der Waals surface area contributed by atoms with Gasteiger partial charge in [-0.2, -0.15) is 0 Å². The molecule has 0 saturated heterocycles. The van der Waals surface area contributed by atoms with Crippen LogP contribution in [0.15, 0.2) is 35.8 Å². The molecule has 13 heavy (non-hydrogen) atoms. The Bertz CT molecular complexity index is 291. The van der Waals surface area contributed by atoms with Crippen molar-refractivity contribution in [2.75, 3.05) is 6.54 Å². The molecule has 0 aliphatic carbocycles. The Morgan fingerprint density at radius 1 is 1.69 bits per heavy atom. The van der Waals surface area contributed by atoms with E-state index in [2.05, 4.69) is 10.2 Å². The number of allylic oxidation sites excluding steroid dienone is 1. The number of rotatable bonds is 3. The summed E-state index contributed by atoms with van der Waals surface area (Å²) in [6.07, 6.45) is 5.48. The van der Waals surface area contributed by atoms with Crippen molar-refractivity contribution in [3.63, 3.8) is 0 Å². The summed E-state index contributed by atoms with van der Waals surface area (Å²) in [4.78, 5) is 14.1. The average Bonchev–Trinajstić information content (AvgIpc) is 2.15. The molecule has 5 nitrogen and oxygen atoms in total. The fourth-order valence-electron chi connectivity index (χ4n) is 0.883. The molecule has 5 heteroatoms. The second-order valence-corrected chi connectivity index (χ2v) is 2.41. The summed E-state index contributed by atoms with van der Waals surface area (Å²) in [5.74, 6) is -0.766. The SMILES string of the molecule is O=C(O)/C=C/C1=CC(OO)=CNC1. The summed E-state index contributed by atoms with van der Waals surface area (Å²) < 4.78 is 0. The number of carboxylic acid groups (broad SMARTS) is 1. The van der Waals surface area contributed by atoms with Crippen LogP contribution in [-0.4, -0.2) is 22.9 Å². The van der Waals surface area contributed by atoms with E-state index in [-0.39, 0.29) is 5.76 Å². The molecular formula is C8H9NO4. The van der Waals surface area contributed by atoms with Crippen molar-refractivity contribution in [3.8, 4) is 0 Å². The van der Waals surface area contributed by atoms with Crippen LogP contribution in [0.5, 0.6) is 0 Å².